The van der Waals surface area contributed by atoms with Crippen molar-refractivity contribution in [3.8, 4) is 11.3 Å². The molecule has 0 atom stereocenters. The highest BCUT2D eigenvalue weighted by Gasteiger charge is 1.98. The highest BCUT2D eigenvalue weighted by Crippen LogP contribution is 2.18. The summed E-state index contributed by atoms with van der Waals surface area (Å²) in [6, 6.07) is 11.8. The highest BCUT2D eigenvalue weighted by molar-refractivity contribution is 5.72. The minimum atomic E-state index is 0.644. The molecule has 2 rings (SSSR count). The van der Waals surface area contributed by atoms with Gasteiger partial charge in [-0.2, -0.15) is 0 Å². The summed E-state index contributed by atoms with van der Waals surface area (Å²) in [6.07, 6.45) is 3.22. The van der Waals surface area contributed by atoms with E-state index in [1.807, 2.05) is 37.3 Å². The number of nitrogens with one attached hydrogen (secondary N) is 1. The first-order chi connectivity index (χ1) is 7.79. The zero-order valence-corrected chi connectivity index (χ0v) is 8.90. The Morgan fingerprint density at radius 3 is 2.44 bits per heavy atom. The van der Waals surface area contributed by atoms with Crippen LogP contribution in [0.5, 0.6) is 0 Å². The Hall–Kier alpha value is -2.16. The molecule has 3 heteroatoms. The van der Waals surface area contributed by atoms with E-state index in [2.05, 4.69) is 10.3 Å². The standard InChI is InChI=1S/C13H11N2O/c1-10-2-4-11(5-3-10)13-7-6-12(8-14-13)15-9-16/h2-8H,1H3,(H,15,16). The second kappa shape index (κ2) is 4.57. The maximum absolute atomic E-state index is 10.1. The van der Waals surface area contributed by atoms with Crippen molar-refractivity contribution in [1.82, 2.24) is 4.98 Å². The Kier molecular flexibility index (Phi) is 2.96. The molecule has 0 bridgehead atoms. The lowest BCUT2D eigenvalue weighted by molar-refractivity contribution is 0.561. The molecule has 0 saturated carbocycles. The summed E-state index contributed by atoms with van der Waals surface area (Å²) in [5.74, 6) is 0. The van der Waals surface area contributed by atoms with Gasteiger partial charge in [0.15, 0.2) is 0 Å². The number of rotatable bonds is 3. The van der Waals surface area contributed by atoms with E-state index >= 15 is 0 Å². The van der Waals surface area contributed by atoms with Gasteiger partial charge >= 0.3 is 6.41 Å². The number of pyridine rings is 1. The molecule has 1 aromatic carbocycles. The summed E-state index contributed by atoms with van der Waals surface area (Å²) in [5.41, 5.74) is 3.81. The summed E-state index contributed by atoms with van der Waals surface area (Å²) in [4.78, 5) is 14.4. The first-order valence-corrected chi connectivity index (χ1v) is 4.96. The molecule has 16 heavy (non-hydrogen) atoms. The molecule has 0 fully saturated rings. The van der Waals surface area contributed by atoms with Gasteiger partial charge in [-0.1, -0.05) is 29.8 Å². The van der Waals surface area contributed by atoms with Crippen LogP contribution in [0.25, 0.3) is 11.3 Å². The van der Waals surface area contributed by atoms with Gasteiger partial charge in [-0.25, -0.2) is 0 Å². The summed E-state index contributed by atoms with van der Waals surface area (Å²) < 4.78 is 0. The molecule has 0 aliphatic rings. The van der Waals surface area contributed by atoms with E-state index in [0.29, 0.717) is 5.69 Å². The SMILES string of the molecule is Cc1ccc(-c2ccc(N[C]=O)cn2)cc1. The lowest BCUT2D eigenvalue weighted by Crippen LogP contribution is -1.94. The molecular weight excluding hydrogens is 200 g/mol. The van der Waals surface area contributed by atoms with E-state index in [-0.39, 0.29) is 0 Å². The third-order valence-electron chi connectivity index (χ3n) is 2.31. The topological polar surface area (TPSA) is 42.0 Å². The van der Waals surface area contributed by atoms with Gasteiger partial charge in [-0.15, -0.1) is 0 Å². The molecule has 1 heterocycles. The van der Waals surface area contributed by atoms with Gasteiger partial charge in [-0.3, -0.25) is 9.78 Å². The molecule has 0 spiro atoms. The third kappa shape index (κ3) is 2.25. The van der Waals surface area contributed by atoms with E-state index in [1.165, 1.54) is 5.56 Å². The summed E-state index contributed by atoms with van der Waals surface area (Å²) in [5, 5.41) is 2.43. The average Bonchev–Trinajstić information content (AvgIpc) is 2.32. The maximum Gasteiger partial charge on any atom is 0.314 e. The minimum absolute atomic E-state index is 0.644. The molecule has 0 aliphatic carbocycles. The quantitative estimate of drug-likeness (QED) is 0.793. The number of anilines is 1. The Bertz CT molecular complexity index is 474. The molecule has 3 nitrogen and oxygen atoms in total. The van der Waals surface area contributed by atoms with Gasteiger partial charge in [0.2, 0.25) is 0 Å². The fourth-order valence-corrected chi connectivity index (χ4v) is 1.42. The van der Waals surface area contributed by atoms with Crippen LogP contribution in [-0.2, 0) is 4.79 Å². The number of hydrogen-bond donors (Lipinski definition) is 1. The van der Waals surface area contributed by atoms with E-state index < -0.39 is 0 Å². The smallest absolute Gasteiger partial charge is 0.314 e. The van der Waals surface area contributed by atoms with Crippen molar-refractivity contribution in [3.63, 3.8) is 0 Å². The molecule has 1 N–H and O–H groups in total. The predicted octanol–water partition coefficient (Wildman–Crippen LogP) is 2.54. The Labute approximate surface area is 94.1 Å². The van der Waals surface area contributed by atoms with Crippen LogP contribution >= 0.6 is 0 Å². The summed E-state index contributed by atoms with van der Waals surface area (Å²) in [6.45, 7) is 2.05. The highest BCUT2D eigenvalue weighted by atomic mass is 16.1. The normalized spacial score (nSPS) is 9.81. The minimum Gasteiger partial charge on any atom is -0.316 e. The van der Waals surface area contributed by atoms with Gasteiger partial charge in [0.25, 0.3) is 0 Å². The van der Waals surface area contributed by atoms with Crippen LogP contribution in [0.4, 0.5) is 5.69 Å². The summed E-state index contributed by atoms with van der Waals surface area (Å²) >= 11 is 0. The molecule has 1 amide bonds. The number of hydrogen-bond acceptors (Lipinski definition) is 2. The van der Waals surface area contributed by atoms with Crippen LogP contribution in [0.1, 0.15) is 5.56 Å². The number of amides is 1. The number of benzene rings is 1. The van der Waals surface area contributed by atoms with Crippen LogP contribution in [0.2, 0.25) is 0 Å². The van der Waals surface area contributed by atoms with Crippen molar-refractivity contribution in [2.45, 2.75) is 6.92 Å². The van der Waals surface area contributed by atoms with Gasteiger partial charge in [0, 0.05) is 5.56 Å². The van der Waals surface area contributed by atoms with Gasteiger partial charge in [0.05, 0.1) is 17.6 Å². The van der Waals surface area contributed by atoms with Crippen LogP contribution in [-0.4, -0.2) is 11.4 Å². The number of nitrogens with zero attached hydrogens (tertiary/aromatic N) is 1. The molecule has 1 aromatic heterocycles. The largest absolute Gasteiger partial charge is 0.316 e. The van der Waals surface area contributed by atoms with E-state index in [0.717, 1.165) is 11.3 Å². The Morgan fingerprint density at radius 2 is 1.88 bits per heavy atom. The van der Waals surface area contributed by atoms with Crippen molar-refractivity contribution in [2.75, 3.05) is 5.32 Å². The van der Waals surface area contributed by atoms with Crippen molar-refractivity contribution in [2.24, 2.45) is 0 Å². The lowest BCUT2D eigenvalue weighted by atomic mass is 10.1. The van der Waals surface area contributed by atoms with E-state index in [9.17, 15) is 4.79 Å². The monoisotopic (exact) mass is 211 g/mol. The van der Waals surface area contributed by atoms with Crippen LogP contribution < -0.4 is 5.32 Å². The van der Waals surface area contributed by atoms with Crippen LogP contribution in [0.15, 0.2) is 42.6 Å². The van der Waals surface area contributed by atoms with Crippen molar-refractivity contribution < 1.29 is 4.79 Å². The van der Waals surface area contributed by atoms with Crippen molar-refractivity contribution in [1.29, 1.82) is 0 Å². The Morgan fingerprint density at radius 1 is 1.12 bits per heavy atom. The van der Waals surface area contributed by atoms with Crippen LogP contribution in [0.3, 0.4) is 0 Å². The number of carbonyl (C=O) groups excluding carboxylic acids is 1. The molecule has 0 saturated heterocycles. The molecule has 0 unspecified atom stereocenters. The van der Waals surface area contributed by atoms with E-state index in [4.69, 9.17) is 0 Å². The second-order valence-electron chi connectivity index (χ2n) is 3.53. The Balaban J connectivity index is 2.27. The second-order valence-corrected chi connectivity index (χ2v) is 3.53. The molecule has 2 aromatic rings. The van der Waals surface area contributed by atoms with Crippen molar-refractivity contribution in [3.05, 3.63) is 48.2 Å². The molecule has 0 aliphatic heterocycles. The average molecular weight is 211 g/mol. The van der Waals surface area contributed by atoms with Crippen LogP contribution in [0, 0.1) is 6.92 Å². The molecule has 1 radical (unpaired) electrons. The number of aryl methyl sites for hydroxylation is 1. The first-order valence-electron chi connectivity index (χ1n) is 4.96. The lowest BCUT2D eigenvalue weighted by Gasteiger charge is -2.02. The zero-order chi connectivity index (χ0) is 11.4. The van der Waals surface area contributed by atoms with Gasteiger partial charge in [0.1, 0.15) is 0 Å². The maximum atomic E-state index is 10.1. The van der Waals surface area contributed by atoms with Gasteiger partial charge < -0.3 is 5.32 Å². The first kappa shape index (κ1) is 10.4. The molecule has 79 valence electrons. The fourth-order valence-electron chi connectivity index (χ4n) is 1.42. The predicted molar refractivity (Wildman–Crippen MR) is 63.7 cm³/mol. The van der Waals surface area contributed by atoms with Gasteiger partial charge in [-0.05, 0) is 19.1 Å². The third-order valence-corrected chi connectivity index (χ3v) is 2.31. The van der Waals surface area contributed by atoms with E-state index in [1.54, 1.807) is 18.7 Å². The fraction of sp³-hybridized carbons (Fsp3) is 0.0769. The summed E-state index contributed by atoms with van der Waals surface area (Å²) in [7, 11) is 0. The molecular formula is C13H11N2O. The number of aromatic nitrogens is 1. The van der Waals surface area contributed by atoms with Crippen molar-refractivity contribution >= 4 is 12.1 Å². The zero-order valence-electron chi connectivity index (χ0n) is 8.90.